The minimum atomic E-state index is -0.925. The quantitative estimate of drug-likeness (QED) is 0.681. The molecular formula is C10H18N2O3S. The number of carboxylic acids is 1. The summed E-state index contributed by atoms with van der Waals surface area (Å²) in [6.07, 6.45) is 1.08. The van der Waals surface area contributed by atoms with Crippen LogP contribution in [0.2, 0.25) is 0 Å². The predicted octanol–water partition coefficient (Wildman–Crippen LogP) is -0.0764. The van der Waals surface area contributed by atoms with Crippen LogP contribution in [0.15, 0.2) is 0 Å². The van der Waals surface area contributed by atoms with E-state index in [-0.39, 0.29) is 5.91 Å². The van der Waals surface area contributed by atoms with Gasteiger partial charge in [-0.05, 0) is 19.2 Å². The van der Waals surface area contributed by atoms with Gasteiger partial charge in [-0.3, -0.25) is 4.79 Å². The Morgan fingerprint density at radius 2 is 2.12 bits per heavy atom. The minimum absolute atomic E-state index is 0.0745. The highest BCUT2D eigenvalue weighted by Crippen LogP contribution is 2.11. The molecule has 1 unspecified atom stereocenters. The zero-order valence-electron chi connectivity index (χ0n) is 9.43. The largest absolute Gasteiger partial charge is 0.480 e. The Kier molecular flexibility index (Phi) is 5.08. The molecule has 5 nitrogen and oxygen atoms in total. The maximum atomic E-state index is 11.8. The number of likely N-dealkylation sites (N-methyl/N-ethyl adjacent to an activating group) is 1. The van der Waals surface area contributed by atoms with Crippen LogP contribution in [0, 0.1) is 0 Å². The summed E-state index contributed by atoms with van der Waals surface area (Å²) < 4.78 is 0. The van der Waals surface area contributed by atoms with Crippen LogP contribution >= 0.6 is 12.6 Å². The van der Waals surface area contributed by atoms with E-state index < -0.39 is 12.0 Å². The molecule has 0 aromatic rings. The van der Waals surface area contributed by atoms with E-state index in [9.17, 15) is 9.59 Å². The molecule has 0 bridgehead atoms. The molecule has 1 fully saturated rings. The summed E-state index contributed by atoms with van der Waals surface area (Å²) in [7, 11) is 1.87. The summed E-state index contributed by atoms with van der Waals surface area (Å²) in [4.78, 5) is 26.3. The maximum absolute atomic E-state index is 11.8. The SMILES string of the molecule is CN1CCN(C(=O)CCCS)C(C(=O)O)C1. The fraction of sp³-hybridized carbons (Fsp3) is 0.800. The van der Waals surface area contributed by atoms with Gasteiger partial charge in [0.1, 0.15) is 6.04 Å². The van der Waals surface area contributed by atoms with Gasteiger partial charge < -0.3 is 14.9 Å². The van der Waals surface area contributed by atoms with Crippen molar-refractivity contribution in [1.29, 1.82) is 0 Å². The number of carbonyl (C=O) groups is 2. The first-order valence-electron chi connectivity index (χ1n) is 5.38. The van der Waals surface area contributed by atoms with Gasteiger partial charge in [0.2, 0.25) is 5.91 Å². The monoisotopic (exact) mass is 246 g/mol. The second kappa shape index (κ2) is 6.10. The summed E-state index contributed by atoms with van der Waals surface area (Å²) >= 11 is 4.04. The molecule has 1 saturated heterocycles. The van der Waals surface area contributed by atoms with E-state index in [1.807, 2.05) is 11.9 Å². The van der Waals surface area contributed by atoms with Gasteiger partial charge in [-0.1, -0.05) is 0 Å². The lowest BCUT2D eigenvalue weighted by Gasteiger charge is -2.37. The smallest absolute Gasteiger partial charge is 0.327 e. The first-order chi connectivity index (χ1) is 7.56. The Bertz CT molecular complexity index is 273. The van der Waals surface area contributed by atoms with E-state index in [4.69, 9.17) is 5.11 Å². The van der Waals surface area contributed by atoms with Crippen molar-refractivity contribution in [3.63, 3.8) is 0 Å². The van der Waals surface area contributed by atoms with Crippen LogP contribution in [0.25, 0.3) is 0 Å². The third kappa shape index (κ3) is 3.38. The highest BCUT2D eigenvalue weighted by Gasteiger charge is 2.33. The second-order valence-corrected chi connectivity index (χ2v) is 4.48. The van der Waals surface area contributed by atoms with Crippen molar-refractivity contribution in [1.82, 2.24) is 9.80 Å². The molecule has 1 rings (SSSR count). The summed E-state index contributed by atoms with van der Waals surface area (Å²) in [5.41, 5.74) is 0. The molecule has 0 radical (unpaired) electrons. The molecule has 0 saturated carbocycles. The Labute approximate surface area is 101 Å². The van der Waals surface area contributed by atoms with Gasteiger partial charge >= 0.3 is 5.97 Å². The zero-order valence-corrected chi connectivity index (χ0v) is 10.3. The first kappa shape index (κ1) is 13.3. The first-order valence-corrected chi connectivity index (χ1v) is 6.01. The molecule has 1 aliphatic heterocycles. The summed E-state index contributed by atoms with van der Waals surface area (Å²) in [6, 6.07) is -0.703. The second-order valence-electron chi connectivity index (χ2n) is 4.03. The Balaban J connectivity index is 2.61. The van der Waals surface area contributed by atoms with Gasteiger partial charge in [-0.2, -0.15) is 12.6 Å². The van der Waals surface area contributed by atoms with Crippen LogP contribution in [-0.4, -0.2) is 65.3 Å². The summed E-state index contributed by atoms with van der Waals surface area (Å²) in [5.74, 6) is -0.350. The van der Waals surface area contributed by atoms with Crippen LogP contribution in [-0.2, 0) is 9.59 Å². The topological polar surface area (TPSA) is 60.9 Å². The van der Waals surface area contributed by atoms with E-state index in [2.05, 4.69) is 12.6 Å². The average Bonchev–Trinajstić information content (AvgIpc) is 2.25. The minimum Gasteiger partial charge on any atom is -0.480 e. The van der Waals surface area contributed by atoms with Crippen LogP contribution in [0.4, 0.5) is 0 Å². The molecule has 1 N–H and O–H groups in total. The third-order valence-electron chi connectivity index (χ3n) is 2.74. The van der Waals surface area contributed by atoms with Crippen LogP contribution in [0.3, 0.4) is 0 Å². The van der Waals surface area contributed by atoms with Gasteiger partial charge in [0, 0.05) is 26.1 Å². The van der Waals surface area contributed by atoms with E-state index >= 15 is 0 Å². The van der Waals surface area contributed by atoms with Crippen LogP contribution in [0.5, 0.6) is 0 Å². The molecule has 1 heterocycles. The number of carboxylic acid groups (broad SMARTS) is 1. The Morgan fingerprint density at radius 1 is 1.44 bits per heavy atom. The number of nitrogens with zero attached hydrogens (tertiary/aromatic N) is 2. The van der Waals surface area contributed by atoms with Gasteiger partial charge in [0.15, 0.2) is 0 Å². The van der Waals surface area contributed by atoms with E-state index in [0.717, 1.165) is 6.54 Å². The van der Waals surface area contributed by atoms with E-state index in [1.54, 1.807) is 0 Å². The lowest BCUT2D eigenvalue weighted by atomic mass is 10.1. The maximum Gasteiger partial charge on any atom is 0.327 e. The lowest BCUT2D eigenvalue weighted by molar-refractivity contribution is -0.153. The van der Waals surface area contributed by atoms with Crippen LogP contribution in [0.1, 0.15) is 12.8 Å². The van der Waals surface area contributed by atoms with Crippen molar-refractivity contribution in [3.8, 4) is 0 Å². The number of thiol groups is 1. The fourth-order valence-corrected chi connectivity index (χ4v) is 1.96. The van der Waals surface area contributed by atoms with Crippen molar-refractivity contribution in [2.24, 2.45) is 0 Å². The number of hydrogen-bond donors (Lipinski definition) is 2. The third-order valence-corrected chi connectivity index (χ3v) is 3.05. The molecule has 0 aromatic carbocycles. The molecule has 0 spiro atoms. The number of hydrogen-bond acceptors (Lipinski definition) is 4. The number of carbonyl (C=O) groups excluding carboxylic acids is 1. The molecule has 1 amide bonds. The molecule has 92 valence electrons. The van der Waals surface area contributed by atoms with Crippen molar-refractivity contribution >= 4 is 24.5 Å². The van der Waals surface area contributed by atoms with Crippen LogP contribution < -0.4 is 0 Å². The van der Waals surface area contributed by atoms with E-state index in [1.165, 1.54) is 4.90 Å². The molecule has 0 aliphatic carbocycles. The normalized spacial score (nSPS) is 22.1. The molecule has 1 atom stereocenters. The Hall–Kier alpha value is -0.750. The van der Waals surface area contributed by atoms with Gasteiger partial charge in [0.05, 0.1) is 0 Å². The molecule has 1 aliphatic rings. The zero-order chi connectivity index (χ0) is 12.1. The molecule has 16 heavy (non-hydrogen) atoms. The average molecular weight is 246 g/mol. The number of rotatable bonds is 4. The predicted molar refractivity (Wildman–Crippen MR) is 63.7 cm³/mol. The van der Waals surface area contributed by atoms with Crippen molar-refractivity contribution in [3.05, 3.63) is 0 Å². The lowest BCUT2D eigenvalue weighted by Crippen LogP contribution is -2.57. The summed E-state index contributed by atoms with van der Waals surface area (Å²) in [6.45, 7) is 1.64. The molecule has 0 aromatic heterocycles. The molecular weight excluding hydrogens is 228 g/mol. The number of piperazine rings is 1. The van der Waals surface area contributed by atoms with Crippen molar-refractivity contribution < 1.29 is 14.7 Å². The molecule has 6 heteroatoms. The van der Waals surface area contributed by atoms with Crippen molar-refractivity contribution in [2.45, 2.75) is 18.9 Å². The highest BCUT2D eigenvalue weighted by molar-refractivity contribution is 7.80. The Morgan fingerprint density at radius 3 is 2.69 bits per heavy atom. The van der Waals surface area contributed by atoms with Gasteiger partial charge in [-0.15, -0.1) is 0 Å². The number of amides is 1. The fourth-order valence-electron chi connectivity index (χ4n) is 1.80. The summed E-state index contributed by atoms with van der Waals surface area (Å²) in [5, 5.41) is 9.07. The number of aliphatic carboxylic acids is 1. The van der Waals surface area contributed by atoms with Crippen molar-refractivity contribution in [2.75, 3.05) is 32.4 Å². The van der Waals surface area contributed by atoms with Gasteiger partial charge in [0.25, 0.3) is 0 Å². The standard InChI is InChI=1S/C10H18N2O3S/c1-11-4-5-12(8(7-11)10(14)15)9(13)3-2-6-16/h8,16H,2-7H2,1H3,(H,14,15). The highest BCUT2D eigenvalue weighted by atomic mass is 32.1. The van der Waals surface area contributed by atoms with E-state index in [0.29, 0.717) is 31.7 Å². The van der Waals surface area contributed by atoms with Gasteiger partial charge in [-0.25, -0.2) is 4.79 Å².